The van der Waals surface area contributed by atoms with Gasteiger partial charge in [0.2, 0.25) is 17.7 Å². The Kier molecular flexibility index (Phi) is 11.7. The van der Waals surface area contributed by atoms with Crippen LogP contribution in [-0.2, 0) is 30.4 Å². The van der Waals surface area contributed by atoms with E-state index in [1.807, 2.05) is 24.3 Å². The molecule has 13 nitrogen and oxygen atoms in total. The molecule has 1 heterocycles. The standard InChI is InChI=1S/C25H36N6O7/c1-14(25(37)38)29-24(36)20(12-15-13-28-18-8-3-2-6-16(15)18)31-23(35)19(9-10-21(32)33)30-22(34)17(27)7-4-5-11-26/h2-3,6,8,13-14,17,19-20,28H,4-5,7,9-12,26-27H2,1H3,(H,29,36)(H,30,34)(H,31,35)(H,32,33)(H,37,38). The first-order chi connectivity index (χ1) is 18.0. The zero-order chi connectivity index (χ0) is 28.2. The van der Waals surface area contributed by atoms with Crippen LogP contribution in [-0.4, -0.2) is 75.6 Å². The summed E-state index contributed by atoms with van der Waals surface area (Å²) in [5.74, 6) is -4.61. The molecule has 1 aromatic heterocycles. The lowest BCUT2D eigenvalue weighted by atomic mass is 10.0. The number of H-pyrrole nitrogens is 1. The molecule has 0 saturated carbocycles. The summed E-state index contributed by atoms with van der Waals surface area (Å²) in [6.07, 6.45) is 2.63. The Labute approximate surface area is 219 Å². The van der Waals surface area contributed by atoms with Gasteiger partial charge in [0, 0.05) is 29.9 Å². The summed E-state index contributed by atoms with van der Waals surface area (Å²) < 4.78 is 0. The highest BCUT2D eigenvalue weighted by Gasteiger charge is 2.30. The third-order valence-corrected chi connectivity index (χ3v) is 6.05. The molecule has 0 saturated heterocycles. The molecule has 38 heavy (non-hydrogen) atoms. The minimum Gasteiger partial charge on any atom is -0.481 e. The summed E-state index contributed by atoms with van der Waals surface area (Å²) >= 11 is 0. The van der Waals surface area contributed by atoms with Gasteiger partial charge in [0.05, 0.1) is 6.04 Å². The van der Waals surface area contributed by atoms with Crippen LogP contribution in [0.1, 0.15) is 44.6 Å². The van der Waals surface area contributed by atoms with E-state index in [0.29, 0.717) is 31.4 Å². The zero-order valence-electron chi connectivity index (χ0n) is 21.2. The predicted octanol–water partition coefficient (Wildman–Crippen LogP) is -0.410. The Morgan fingerprint density at radius 2 is 1.58 bits per heavy atom. The molecule has 0 radical (unpaired) electrons. The number of carboxylic acid groups (broad SMARTS) is 2. The van der Waals surface area contributed by atoms with Crippen molar-refractivity contribution in [3.63, 3.8) is 0 Å². The number of nitrogens with one attached hydrogen (secondary N) is 4. The number of carbonyl (C=O) groups is 5. The largest absolute Gasteiger partial charge is 0.481 e. The summed E-state index contributed by atoms with van der Waals surface area (Å²) in [6, 6.07) is 2.67. The molecular formula is C25H36N6O7. The number of aromatic amines is 1. The van der Waals surface area contributed by atoms with Crippen molar-refractivity contribution >= 4 is 40.6 Å². The average molecular weight is 533 g/mol. The Hall–Kier alpha value is -3.97. The maximum absolute atomic E-state index is 13.2. The first-order valence-electron chi connectivity index (χ1n) is 12.4. The average Bonchev–Trinajstić information content (AvgIpc) is 3.28. The first kappa shape index (κ1) is 30.3. The number of fused-ring (bicyclic) bond motifs is 1. The van der Waals surface area contributed by atoms with Crippen molar-refractivity contribution < 1.29 is 34.2 Å². The van der Waals surface area contributed by atoms with Crippen LogP contribution in [0.25, 0.3) is 10.9 Å². The van der Waals surface area contributed by atoms with Crippen molar-refractivity contribution in [1.82, 2.24) is 20.9 Å². The highest BCUT2D eigenvalue weighted by atomic mass is 16.4. The van der Waals surface area contributed by atoms with Crippen LogP contribution < -0.4 is 27.4 Å². The summed E-state index contributed by atoms with van der Waals surface area (Å²) in [5.41, 5.74) is 12.9. The van der Waals surface area contributed by atoms with Crippen molar-refractivity contribution in [1.29, 1.82) is 0 Å². The number of benzene rings is 1. The van der Waals surface area contributed by atoms with Gasteiger partial charge in [0.1, 0.15) is 18.1 Å². The number of unbranched alkanes of at least 4 members (excludes halogenated alkanes) is 1. The second-order valence-corrected chi connectivity index (χ2v) is 9.08. The number of carboxylic acids is 2. The molecule has 10 N–H and O–H groups in total. The molecule has 0 aliphatic heterocycles. The van der Waals surface area contributed by atoms with E-state index in [0.717, 1.165) is 10.9 Å². The fourth-order valence-corrected chi connectivity index (χ4v) is 3.83. The van der Waals surface area contributed by atoms with Gasteiger partial charge in [0.25, 0.3) is 0 Å². The maximum Gasteiger partial charge on any atom is 0.325 e. The molecule has 2 aromatic rings. The molecule has 1 aromatic carbocycles. The van der Waals surface area contributed by atoms with E-state index >= 15 is 0 Å². The molecule has 4 atom stereocenters. The second kappa shape index (κ2) is 14.7. The summed E-state index contributed by atoms with van der Waals surface area (Å²) in [7, 11) is 0. The lowest BCUT2D eigenvalue weighted by molar-refractivity contribution is -0.141. The number of nitrogens with two attached hydrogens (primary N) is 2. The minimum atomic E-state index is -1.28. The monoisotopic (exact) mass is 532 g/mol. The first-order valence-corrected chi connectivity index (χ1v) is 12.4. The number of amides is 3. The van der Waals surface area contributed by atoms with Crippen molar-refractivity contribution in [2.45, 2.75) is 69.6 Å². The Bertz CT molecular complexity index is 1130. The van der Waals surface area contributed by atoms with Crippen LogP contribution in [0.5, 0.6) is 0 Å². The van der Waals surface area contributed by atoms with Gasteiger partial charge < -0.3 is 42.6 Å². The predicted molar refractivity (Wildman–Crippen MR) is 139 cm³/mol. The van der Waals surface area contributed by atoms with E-state index < -0.39 is 60.2 Å². The highest BCUT2D eigenvalue weighted by Crippen LogP contribution is 2.19. The molecule has 2 rings (SSSR count). The summed E-state index contributed by atoms with van der Waals surface area (Å²) in [6.45, 7) is 1.73. The van der Waals surface area contributed by atoms with Gasteiger partial charge in [-0.3, -0.25) is 24.0 Å². The third kappa shape index (κ3) is 9.16. The van der Waals surface area contributed by atoms with E-state index in [2.05, 4.69) is 20.9 Å². The molecule has 13 heteroatoms. The minimum absolute atomic E-state index is 0.00608. The van der Waals surface area contributed by atoms with Crippen LogP contribution in [0.15, 0.2) is 30.5 Å². The fourth-order valence-electron chi connectivity index (χ4n) is 3.83. The Morgan fingerprint density at radius 3 is 2.24 bits per heavy atom. The second-order valence-electron chi connectivity index (χ2n) is 9.08. The highest BCUT2D eigenvalue weighted by molar-refractivity contribution is 5.95. The Balaban J connectivity index is 2.24. The van der Waals surface area contributed by atoms with Crippen LogP contribution in [0, 0.1) is 0 Å². The van der Waals surface area contributed by atoms with Gasteiger partial charge in [-0.25, -0.2) is 0 Å². The van der Waals surface area contributed by atoms with Crippen LogP contribution in [0.2, 0.25) is 0 Å². The third-order valence-electron chi connectivity index (χ3n) is 6.05. The van der Waals surface area contributed by atoms with E-state index in [4.69, 9.17) is 16.6 Å². The molecule has 0 aliphatic carbocycles. The van der Waals surface area contributed by atoms with Gasteiger partial charge in [-0.1, -0.05) is 24.6 Å². The number of aromatic nitrogens is 1. The van der Waals surface area contributed by atoms with E-state index in [1.54, 1.807) is 6.20 Å². The van der Waals surface area contributed by atoms with Crippen LogP contribution in [0.4, 0.5) is 0 Å². The van der Waals surface area contributed by atoms with Gasteiger partial charge in [-0.05, 0) is 44.4 Å². The molecule has 0 spiro atoms. The number of hydrogen-bond donors (Lipinski definition) is 8. The van der Waals surface area contributed by atoms with Crippen molar-refractivity contribution in [2.24, 2.45) is 11.5 Å². The number of rotatable bonds is 16. The lowest BCUT2D eigenvalue weighted by Crippen LogP contribution is -2.57. The van der Waals surface area contributed by atoms with Gasteiger partial charge in [-0.2, -0.15) is 0 Å². The molecule has 0 aliphatic rings. The van der Waals surface area contributed by atoms with Crippen molar-refractivity contribution in [3.8, 4) is 0 Å². The van der Waals surface area contributed by atoms with Gasteiger partial charge >= 0.3 is 11.9 Å². The Morgan fingerprint density at radius 1 is 0.921 bits per heavy atom. The van der Waals surface area contributed by atoms with E-state index in [-0.39, 0.29) is 12.8 Å². The maximum atomic E-state index is 13.2. The van der Waals surface area contributed by atoms with Gasteiger partial charge in [-0.15, -0.1) is 0 Å². The van der Waals surface area contributed by atoms with Crippen molar-refractivity contribution in [3.05, 3.63) is 36.0 Å². The molecule has 208 valence electrons. The lowest BCUT2D eigenvalue weighted by Gasteiger charge is -2.24. The number of aliphatic carboxylic acids is 2. The SMILES string of the molecule is CC(NC(=O)C(Cc1c[nH]c2ccccc12)NC(=O)C(CCC(=O)O)NC(=O)C(N)CCCCN)C(=O)O. The number of hydrogen-bond acceptors (Lipinski definition) is 7. The molecule has 0 bridgehead atoms. The molecule has 3 amide bonds. The quantitative estimate of drug-likeness (QED) is 0.131. The van der Waals surface area contributed by atoms with Crippen molar-refractivity contribution in [2.75, 3.05) is 6.54 Å². The number of carbonyl (C=O) groups excluding carboxylic acids is 3. The molecule has 0 fully saturated rings. The topological polar surface area (TPSA) is 230 Å². The summed E-state index contributed by atoms with van der Waals surface area (Å²) in [5, 5.41) is 26.5. The zero-order valence-corrected chi connectivity index (χ0v) is 21.2. The van der Waals surface area contributed by atoms with Gasteiger partial charge in [0.15, 0.2) is 0 Å². The smallest absolute Gasteiger partial charge is 0.325 e. The number of para-hydroxylation sites is 1. The summed E-state index contributed by atoms with van der Waals surface area (Å²) in [4.78, 5) is 64.4. The van der Waals surface area contributed by atoms with E-state index in [9.17, 15) is 29.1 Å². The normalized spacial score (nSPS) is 14.2. The van der Waals surface area contributed by atoms with Crippen LogP contribution >= 0.6 is 0 Å². The molecular weight excluding hydrogens is 496 g/mol. The fraction of sp³-hybridized carbons (Fsp3) is 0.480. The van der Waals surface area contributed by atoms with Crippen LogP contribution in [0.3, 0.4) is 0 Å². The van der Waals surface area contributed by atoms with E-state index in [1.165, 1.54) is 6.92 Å². The molecule has 4 unspecified atom stereocenters.